The summed E-state index contributed by atoms with van der Waals surface area (Å²) in [5, 5.41) is 8.97. The highest BCUT2D eigenvalue weighted by atomic mass is 19.1. The lowest BCUT2D eigenvalue weighted by Crippen LogP contribution is -2.28. The van der Waals surface area contributed by atoms with Crippen LogP contribution in [0.1, 0.15) is 181 Å². The van der Waals surface area contributed by atoms with E-state index in [1.165, 1.54) is 45.8 Å². The second-order valence-electron chi connectivity index (χ2n) is 26.8. The van der Waals surface area contributed by atoms with Gasteiger partial charge in [0.05, 0.1) is 12.5 Å². The highest BCUT2D eigenvalue weighted by Crippen LogP contribution is 2.20. The van der Waals surface area contributed by atoms with Crippen molar-refractivity contribution in [2.24, 2.45) is 46.3 Å². The third-order valence-corrected chi connectivity index (χ3v) is 11.6. The molecule has 0 unspecified atom stereocenters. The molecule has 0 spiro atoms. The second kappa shape index (κ2) is 42.8. The Bertz CT molecular complexity index is 2710. The molecule has 8 aromatic heterocycles. The van der Waals surface area contributed by atoms with Crippen LogP contribution in [-0.2, 0) is 51.4 Å². The van der Waals surface area contributed by atoms with Crippen LogP contribution >= 0.6 is 0 Å². The highest BCUT2D eigenvalue weighted by Gasteiger charge is 2.13. The van der Waals surface area contributed by atoms with E-state index in [9.17, 15) is 4.39 Å². The largest absolute Gasteiger partial charge is 0.469 e. The molecule has 0 aliphatic heterocycles. The van der Waals surface area contributed by atoms with E-state index in [-0.39, 0.29) is 5.82 Å². The molecule has 8 rings (SSSR count). The summed E-state index contributed by atoms with van der Waals surface area (Å²) in [5.41, 5.74) is 11.7. The van der Waals surface area contributed by atoms with Gasteiger partial charge in [0, 0.05) is 89.4 Å². The minimum atomic E-state index is -0.266. The van der Waals surface area contributed by atoms with Crippen LogP contribution in [0.25, 0.3) is 0 Å². The number of nitrogens with zero attached hydrogens (tertiary/aromatic N) is 7. The number of furan rings is 1. The molecule has 0 aliphatic carbocycles. The van der Waals surface area contributed by atoms with Gasteiger partial charge >= 0.3 is 0 Å². The average Bonchev–Trinajstić information content (AvgIpc) is 4.03. The zero-order valence-corrected chi connectivity index (χ0v) is 56.2. The molecule has 0 aromatic carbocycles. The molecular weight excluding hydrogens is 1050 g/mol. The third kappa shape index (κ3) is 45.2. The van der Waals surface area contributed by atoms with Gasteiger partial charge in [0.15, 0.2) is 0 Å². The number of halogens is 1. The first kappa shape index (κ1) is 76.1. The summed E-state index contributed by atoms with van der Waals surface area (Å²) in [7, 11) is 0. The number of rotatable bonds is 14. The van der Waals surface area contributed by atoms with E-state index in [1.807, 2.05) is 99.7 Å². The fourth-order valence-corrected chi connectivity index (χ4v) is 8.28. The van der Waals surface area contributed by atoms with Crippen LogP contribution in [0.4, 0.5) is 4.39 Å². The molecule has 1 N–H and O–H groups in total. The van der Waals surface area contributed by atoms with Crippen molar-refractivity contribution in [3.63, 3.8) is 0 Å². The summed E-state index contributed by atoms with van der Waals surface area (Å²) in [6, 6.07) is 33.8. The predicted molar refractivity (Wildman–Crippen MR) is 355 cm³/mol. The summed E-state index contributed by atoms with van der Waals surface area (Å²) >= 11 is 0. The normalized spacial score (nSPS) is 10.8. The Hall–Kier alpha value is -6.94. The summed E-state index contributed by atoms with van der Waals surface area (Å²) in [6.45, 7) is 43.7. The number of hydrogen-bond acceptors (Lipinski definition) is 8. The van der Waals surface area contributed by atoms with Crippen LogP contribution in [-0.4, -0.2) is 35.1 Å². The molecule has 0 bridgehead atoms. The van der Waals surface area contributed by atoms with Crippen LogP contribution in [0.3, 0.4) is 0 Å². The number of pyridine rings is 7. The molecule has 9 nitrogen and oxygen atoms in total. The topological polar surface area (TPSA) is 115 Å². The molecule has 0 saturated carbocycles. The van der Waals surface area contributed by atoms with Gasteiger partial charge in [-0.05, 0) is 206 Å². The van der Waals surface area contributed by atoms with Crippen molar-refractivity contribution in [1.29, 1.82) is 0 Å². The number of aromatic nitrogens is 7. The van der Waals surface area contributed by atoms with Crippen molar-refractivity contribution in [3.05, 3.63) is 234 Å². The summed E-state index contributed by atoms with van der Waals surface area (Å²) < 4.78 is 18.6. The molecule has 8 heterocycles. The first-order valence-corrected chi connectivity index (χ1v) is 30.8. The van der Waals surface area contributed by atoms with Gasteiger partial charge in [-0.15, -0.1) is 0 Å². The van der Waals surface area contributed by atoms with Crippen LogP contribution in [0.15, 0.2) is 176 Å². The van der Waals surface area contributed by atoms with E-state index in [0.717, 1.165) is 103 Å². The van der Waals surface area contributed by atoms with E-state index >= 15 is 0 Å². The Labute approximate surface area is 515 Å². The quantitative estimate of drug-likeness (QED) is 0.0846. The molecule has 0 atom stereocenters. The lowest BCUT2D eigenvalue weighted by molar-refractivity contribution is -0.904. The van der Waals surface area contributed by atoms with Crippen molar-refractivity contribution < 1.29 is 18.7 Å². The lowest BCUT2D eigenvalue weighted by Gasteiger charge is -2.16. The fourth-order valence-electron chi connectivity index (χ4n) is 8.28. The van der Waals surface area contributed by atoms with Crippen molar-refractivity contribution >= 4 is 0 Å². The predicted octanol–water partition coefficient (Wildman–Crippen LogP) is 19.1. The lowest BCUT2D eigenvalue weighted by atomic mass is 9.89. The molecule has 0 amide bonds. The SMILES string of the molecule is CC(C)(C)Cc1cc[n+](O)cc1.CC(C)(C)Cc1ccccn1.CC(C)Cc1ccc(F)cn1.CC(C)Cc1cccnc1.CC(C)Cc1ccco1.CC(C)Cc1ccncc1.Cc1cc(CC(C)C)ccn1.Cc1ccc(CC(C)C)cn1. The van der Waals surface area contributed by atoms with Crippen LogP contribution in [0.2, 0.25) is 0 Å². The van der Waals surface area contributed by atoms with Crippen LogP contribution in [0, 0.1) is 66.0 Å². The molecule has 8 aromatic rings. The Kier molecular flexibility index (Phi) is 38.3. The van der Waals surface area contributed by atoms with Gasteiger partial charge in [-0.25, -0.2) is 4.39 Å². The fraction of sp³-hybridized carbons (Fsp3) is 0.480. The van der Waals surface area contributed by atoms with E-state index < -0.39 is 0 Å². The first-order chi connectivity index (χ1) is 40.0. The van der Waals surface area contributed by atoms with Crippen LogP contribution < -0.4 is 4.73 Å². The third-order valence-electron chi connectivity index (χ3n) is 11.6. The average molecular weight is 1160 g/mol. The molecular formula is C75H111FN7O2+. The van der Waals surface area contributed by atoms with Crippen molar-refractivity contribution in [2.75, 3.05) is 0 Å². The van der Waals surface area contributed by atoms with Crippen molar-refractivity contribution in [1.82, 2.24) is 29.9 Å². The summed E-state index contributed by atoms with van der Waals surface area (Å²) in [5.74, 6) is 5.01. The van der Waals surface area contributed by atoms with Gasteiger partial charge in [0.2, 0.25) is 12.4 Å². The summed E-state index contributed by atoms with van der Waals surface area (Å²) in [6.07, 6.45) is 28.0. The molecule has 0 saturated heterocycles. The van der Waals surface area contributed by atoms with E-state index in [2.05, 4.69) is 203 Å². The highest BCUT2D eigenvalue weighted by molar-refractivity contribution is 5.16. The zero-order chi connectivity index (χ0) is 63.8. The summed E-state index contributed by atoms with van der Waals surface area (Å²) in [4.78, 5) is 24.6. The molecule has 0 radical (unpaired) electrons. The zero-order valence-electron chi connectivity index (χ0n) is 56.2. The van der Waals surface area contributed by atoms with E-state index in [4.69, 9.17) is 9.62 Å². The number of hydrogen-bond donors (Lipinski definition) is 1. The van der Waals surface area contributed by atoms with Gasteiger partial charge in [-0.3, -0.25) is 35.1 Å². The Balaban J connectivity index is 0.000000486. The van der Waals surface area contributed by atoms with E-state index in [1.54, 1.807) is 24.7 Å². The van der Waals surface area contributed by atoms with Gasteiger partial charge in [-0.1, -0.05) is 143 Å². The Morgan fingerprint density at radius 1 is 0.424 bits per heavy atom. The molecule has 464 valence electrons. The molecule has 0 aliphatic rings. The van der Waals surface area contributed by atoms with Crippen molar-refractivity contribution in [3.8, 4) is 0 Å². The Morgan fingerprint density at radius 2 is 0.988 bits per heavy atom. The van der Waals surface area contributed by atoms with Gasteiger partial charge in [0.1, 0.15) is 11.6 Å². The van der Waals surface area contributed by atoms with Gasteiger partial charge < -0.3 is 4.42 Å². The van der Waals surface area contributed by atoms with Crippen molar-refractivity contribution in [2.45, 2.75) is 190 Å². The maximum Gasteiger partial charge on any atom is 0.222 e. The maximum atomic E-state index is 12.4. The molecule has 85 heavy (non-hydrogen) atoms. The minimum absolute atomic E-state index is 0.266. The monoisotopic (exact) mass is 1160 g/mol. The Morgan fingerprint density at radius 3 is 1.45 bits per heavy atom. The number of aryl methyl sites for hydroxylation is 2. The smallest absolute Gasteiger partial charge is 0.222 e. The van der Waals surface area contributed by atoms with E-state index in [0.29, 0.717) is 22.7 Å². The minimum Gasteiger partial charge on any atom is -0.469 e. The maximum absolute atomic E-state index is 12.4. The first-order valence-electron chi connectivity index (χ1n) is 30.8. The van der Waals surface area contributed by atoms with Gasteiger partial charge in [0.25, 0.3) is 0 Å². The molecule has 10 heteroatoms. The standard InChI is InChI=1S/C10H16NO.3C10H15N.C9H12FN.2C9H13N.C8H12O/c1-10(2,3)8-9-4-6-11(12)7-5-9;1-8(2)6-10-4-5-11-9(3)7-10;1-8(2)6-10-5-4-9(3)11-7-10;1-10(2,3)8-9-6-4-5-7-11-9;1-7(2)5-9-4-3-8(10)6-11-9;1-8(2)7-9-3-5-10-6-4-9;1-8(2)6-9-4-3-5-10-7-9;1-7(2)6-8-4-3-5-9-8/h4-7,12H,8H2,1-3H3;2*4-5,7-8H,6H2,1-3H3;4-7H,8H2,1-3H3;3-4,6-7H,5H2,1-2H3;3-6,8H,7H2,1-2H3;3-5,7-8H,6H2,1-2H3;3-5,7H,6H2,1-2H3/q+1;;;;;;;. The van der Waals surface area contributed by atoms with Gasteiger partial charge in [-0.2, -0.15) is 0 Å². The van der Waals surface area contributed by atoms with Crippen LogP contribution in [0.5, 0.6) is 0 Å². The second-order valence-corrected chi connectivity index (χ2v) is 26.8. The molecule has 0 fully saturated rings.